The number of carbonyl (C=O) groups is 3. The summed E-state index contributed by atoms with van der Waals surface area (Å²) in [5.41, 5.74) is -0.409. The molecule has 3 rings (SSSR count). The minimum atomic E-state index is -0.702. The van der Waals surface area contributed by atoms with Crippen LogP contribution >= 0.6 is 0 Å². The monoisotopic (exact) mass is 486 g/mol. The van der Waals surface area contributed by atoms with Crippen LogP contribution in [0.25, 0.3) is 22.3 Å². The van der Waals surface area contributed by atoms with Crippen molar-refractivity contribution in [1.82, 2.24) is 0 Å². The van der Waals surface area contributed by atoms with Gasteiger partial charge in [-0.05, 0) is 18.2 Å². The molecule has 3 aromatic rings. The molecule has 0 aliphatic carbocycles. The third kappa shape index (κ3) is 5.03. The maximum atomic E-state index is 13.5. The van der Waals surface area contributed by atoms with Gasteiger partial charge < -0.3 is 32.8 Å². The molecule has 0 aliphatic heterocycles. The summed E-state index contributed by atoms with van der Waals surface area (Å²) in [5.74, 6) is -2.39. The van der Waals surface area contributed by atoms with E-state index in [0.29, 0.717) is 0 Å². The highest BCUT2D eigenvalue weighted by atomic mass is 16.6. The number of fused-ring (bicyclic) bond motifs is 1. The van der Waals surface area contributed by atoms with Crippen LogP contribution in [0.15, 0.2) is 33.5 Å². The highest BCUT2D eigenvalue weighted by molar-refractivity contribution is 5.93. The lowest BCUT2D eigenvalue weighted by Crippen LogP contribution is -2.12. The summed E-state index contributed by atoms with van der Waals surface area (Å²) >= 11 is 0. The second kappa shape index (κ2) is 10.2. The van der Waals surface area contributed by atoms with Gasteiger partial charge in [-0.25, -0.2) is 0 Å². The standard InChI is InChI=1S/C24H22O11/c1-11(25)32-15-8-7-14(9-16(15)33-12(2)26)21-24(31-6)20(28)19-17(35-21)10-18(29-4)22(30-5)23(19)34-13(3)27/h7-10H,1-6H3. The third-order valence-electron chi connectivity index (χ3n) is 4.60. The minimum Gasteiger partial charge on any atom is -0.493 e. The van der Waals surface area contributed by atoms with Crippen LogP contribution < -0.4 is 33.8 Å². The first-order valence-corrected chi connectivity index (χ1v) is 10.1. The van der Waals surface area contributed by atoms with Crippen LogP contribution in [0.5, 0.6) is 34.5 Å². The van der Waals surface area contributed by atoms with E-state index in [1.165, 1.54) is 66.4 Å². The molecule has 0 spiro atoms. The van der Waals surface area contributed by atoms with Gasteiger partial charge in [-0.3, -0.25) is 19.2 Å². The molecule has 0 bridgehead atoms. The number of carbonyl (C=O) groups excluding carboxylic acids is 3. The number of hydrogen-bond donors (Lipinski definition) is 0. The molecule has 0 amide bonds. The van der Waals surface area contributed by atoms with Crippen molar-refractivity contribution in [1.29, 1.82) is 0 Å². The number of hydrogen-bond acceptors (Lipinski definition) is 11. The number of methoxy groups -OCH3 is 3. The van der Waals surface area contributed by atoms with Gasteiger partial charge in [0.2, 0.25) is 16.9 Å². The predicted octanol–water partition coefficient (Wildman–Crippen LogP) is 3.26. The Kier molecular flexibility index (Phi) is 7.28. The zero-order chi connectivity index (χ0) is 25.9. The Balaban J connectivity index is 2.37. The van der Waals surface area contributed by atoms with E-state index in [1.54, 1.807) is 0 Å². The molecule has 0 fully saturated rings. The van der Waals surface area contributed by atoms with Gasteiger partial charge in [0.15, 0.2) is 28.8 Å². The Hall–Kier alpha value is -4.54. The Morgan fingerprint density at radius 2 is 1.29 bits per heavy atom. The van der Waals surface area contributed by atoms with E-state index >= 15 is 0 Å². The van der Waals surface area contributed by atoms with Gasteiger partial charge in [-0.1, -0.05) is 0 Å². The fourth-order valence-corrected chi connectivity index (χ4v) is 3.35. The largest absolute Gasteiger partial charge is 0.493 e. The van der Waals surface area contributed by atoms with E-state index in [4.69, 9.17) is 32.8 Å². The molecule has 35 heavy (non-hydrogen) atoms. The lowest BCUT2D eigenvalue weighted by molar-refractivity contribution is -0.134. The van der Waals surface area contributed by atoms with Gasteiger partial charge in [0.25, 0.3) is 0 Å². The molecule has 1 aromatic heterocycles. The molecule has 11 heteroatoms. The molecule has 1 heterocycles. The van der Waals surface area contributed by atoms with Crippen molar-refractivity contribution < 1.29 is 47.2 Å². The highest BCUT2D eigenvalue weighted by Crippen LogP contribution is 2.45. The molecule has 0 saturated carbocycles. The molecule has 0 radical (unpaired) electrons. The maximum Gasteiger partial charge on any atom is 0.308 e. The fraction of sp³-hybridized carbons (Fsp3) is 0.250. The Morgan fingerprint density at radius 3 is 1.83 bits per heavy atom. The SMILES string of the molecule is COc1cc2oc(-c3ccc(OC(C)=O)c(OC(C)=O)c3)c(OC)c(=O)c2c(OC(C)=O)c1OC. The smallest absolute Gasteiger partial charge is 0.308 e. The van der Waals surface area contributed by atoms with Gasteiger partial charge in [-0.15, -0.1) is 0 Å². The van der Waals surface area contributed by atoms with Gasteiger partial charge in [-0.2, -0.15) is 0 Å². The quantitative estimate of drug-likeness (QED) is 0.359. The normalized spacial score (nSPS) is 10.5. The van der Waals surface area contributed by atoms with Crippen molar-refractivity contribution in [3.05, 3.63) is 34.5 Å². The molecule has 0 aliphatic rings. The first kappa shape index (κ1) is 25.1. The molecule has 184 valence electrons. The van der Waals surface area contributed by atoms with Crippen molar-refractivity contribution in [3.63, 3.8) is 0 Å². The third-order valence-corrected chi connectivity index (χ3v) is 4.60. The first-order chi connectivity index (χ1) is 16.6. The second-order valence-electron chi connectivity index (χ2n) is 7.05. The predicted molar refractivity (Wildman–Crippen MR) is 122 cm³/mol. The summed E-state index contributed by atoms with van der Waals surface area (Å²) in [6.07, 6.45) is 0. The van der Waals surface area contributed by atoms with Crippen LogP contribution in [0.4, 0.5) is 0 Å². The maximum absolute atomic E-state index is 13.5. The highest BCUT2D eigenvalue weighted by Gasteiger charge is 2.27. The van der Waals surface area contributed by atoms with Crippen LogP contribution in [-0.2, 0) is 14.4 Å². The molecule has 0 saturated heterocycles. The summed E-state index contributed by atoms with van der Waals surface area (Å²) < 4.78 is 37.4. The summed E-state index contributed by atoms with van der Waals surface area (Å²) in [4.78, 5) is 48.2. The molecule has 0 unspecified atom stereocenters. The Morgan fingerprint density at radius 1 is 0.686 bits per heavy atom. The van der Waals surface area contributed by atoms with E-state index in [-0.39, 0.29) is 56.8 Å². The topological polar surface area (TPSA) is 137 Å². The average Bonchev–Trinajstić information content (AvgIpc) is 2.78. The number of benzene rings is 2. The van der Waals surface area contributed by atoms with Crippen molar-refractivity contribution in [2.45, 2.75) is 20.8 Å². The summed E-state index contributed by atoms with van der Waals surface area (Å²) in [6.45, 7) is 3.54. The van der Waals surface area contributed by atoms with E-state index in [9.17, 15) is 19.2 Å². The van der Waals surface area contributed by atoms with Crippen LogP contribution in [-0.4, -0.2) is 39.2 Å². The van der Waals surface area contributed by atoms with Crippen LogP contribution in [0.3, 0.4) is 0 Å². The van der Waals surface area contributed by atoms with Crippen molar-refractivity contribution >= 4 is 28.9 Å². The van der Waals surface area contributed by atoms with Gasteiger partial charge >= 0.3 is 17.9 Å². The van der Waals surface area contributed by atoms with Gasteiger partial charge in [0.1, 0.15) is 11.0 Å². The van der Waals surface area contributed by atoms with E-state index in [1.807, 2.05) is 0 Å². The lowest BCUT2D eigenvalue weighted by Gasteiger charge is -2.16. The van der Waals surface area contributed by atoms with E-state index in [0.717, 1.165) is 0 Å². The molecule has 2 aromatic carbocycles. The number of ether oxygens (including phenoxy) is 6. The van der Waals surface area contributed by atoms with Crippen LogP contribution in [0.1, 0.15) is 20.8 Å². The van der Waals surface area contributed by atoms with E-state index in [2.05, 4.69) is 0 Å². The van der Waals surface area contributed by atoms with Gasteiger partial charge in [0, 0.05) is 32.4 Å². The molecule has 0 atom stereocenters. The molecule has 11 nitrogen and oxygen atoms in total. The molecular formula is C24H22O11. The molecular weight excluding hydrogens is 464 g/mol. The number of rotatable bonds is 7. The fourth-order valence-electron chi connectivity index (χ4n) is 3.35. The van der Waals surface area contributed by atoms with Crippen LogP contribution in [0, 0.1) is 0 Å². The summed E-state index contributed by atoms with van der Waals surface area (Å²) in [7, 11) is 3.95. The number of esters is 3. The van der Waals surface area contributed by atoms with Gasteiger partial charge in [0.05, 0.1) is 21.3 Å². The Bertz CT molecular complexity index is 1380. The summed E-state index contributed by atoms with van der Waals surface area (Å²) in [6, 6.07) is 5.59. The lowest BCUT2D eigenvalue weighted by atomic mass is 10.1. The zero-order valence-corrected chi connectivity index (χ0v) is 19.8. The second-order valence-corrected chi connectivity index (χ2v) is 7.05. The molecule has 0 N–H and O–H groups in total. The van der Waals surface area contributed by atoms with Crippen LogP contribution in [0.2, 0.25) is 0 Å². The zero-order valence-electron chi connectivity index (χ0n) is 19.8. The average molecular weight is 486 g/mol. The van der Waals surface area contributed by atoms with Crippen molar-refractivity contribution in [2.24, 2.45) is 0 Å². The Labute approximate surface area is 199 Å². The van der Waals surface area contributed by atoms with E-state index < -0.39 is 23.3 Å². The van der Waals surface area contributed by atoms with Crippen molar-refractivity contribution in [2.75, 3.05) is 21.3 Å². The first-order valence-electron chi connectivity index (χ1n) is 10.1. The van der Waals surface area contributed by atoms with Crippen molar-refractivity contribution in [3.8, 4) is 45.8 Å². The minimum absolute atomic E-state index is 0.00204. The summed E-state index contributed by atoms with van der Waals surface area (Å²) in [5, 5.41) is -0.116.